The zero-order chi connectivity index (χ0) is 17.2. The Kier molecular flexibility index (Phi) is 3.99. The minimum Gasteiger partial charge on any atom is -0.302 e. The zero-order valence-corrected chi connectivity index (χ0v) is 14.3. The number of hydrogen-bond donors (Lipinski definition) is 0. The molecule has 0 aliphatic rings. The average molecular weight is 349 g/mol. The smallest absolute Gasteiger partial charge is 0.258 e. The molecule has 0 aliphatic carbocycles. The fourth-order valence-electron chi connectivity index (χ4n) is 2.69. The molecule has 4 rings (SSSR count). The van der Waals surface area contributed by atoms with Crippen molar-refractivity contribution in [3.63, 3.8) is 0 Å². The second-order valence-corrected chi connectivity index (χ2v) is 6.43. The second-order valence-electron chi connectivity index (χ2n) is 5.65. The molecule has 0 saturated carbocycles. The number of rotatable bonds is 4. The van der Waals surface area contributed by atoms with E-state index >= 15 is 0 Å². The third kappa shape index (κ3) is 3.01. The van der Waals surface area contributed by atoms with Crippen molar-refractivity contribution in [3.05, 3.63) is 70.7 Å². The molecule has 0 radical (unpaired) electrons. The Hall–Kier alpha value is -3.06. The van der Waals surface area contributed by atoms with Crippen molar-refractivity contribution in [2.24, 2.45) is 7.05 Å². The average Bonchev–Trinajstić information content (AvgIpc) is 3.29. The maximum atomic E-state index is 13.2. The number of carbonyl (C=O) groups excluding carboxylic acids is 1. The fraction of sp³-hybridized carbons (Fsp3) is 0.111. The minimum atomic E-state index is -0.0910. The van der Waals surface area contributed by atoms with Crippen molar-refractivity contribution in [2.45, 2.75) is 6.54 Å². The maximum Gasteiger partial charge on any atom is 0.258 e. The first-order valence-corrected chi connectivity index (χ1v) is 8.69. The molecule has 0 aliphatic heterocycles. The van der Waals surface area contributed by atoms with Gasteiger partial charge in [-0.15, -0.1) is 5.10 Å². The molecule has 1 amide bonds. The third-order valence-electron chi connectivity index (χ3n) is 3.98. The van der Waals surface area contributed by atoms with Crippen molar-refractivity contribution in [2.75, 3.05) is 4.90 Å². The molecule has 1 aromatic carbocycles. The van der Waals surface area contributed by atoms with Gasteiger partial charge in [0, 0.05) is 18.8 Å². The molecule has 25 heavy (non-hydrogen) atoms. The number of aryl methyl sites for hydroxylation is 1. The van der Waals surface area contributed by atoms with Gasteiger partial charge < -0.3 is 4.90 Å². The van der Waals surface area contributed by atoms with E-state index in [1.165, 1.54) is 0 Å². The van der Waals surface area contributed by atoms with Crippen LogP contribution in [0, 0.1) is 0 Å². The highest BCUT2D eigenvalue weighted by Crippen LogP contribution is 2.22. The molecule has 0 unspecified atom stereocenters. The molecule has 0 bridgehead atoms. The van der Waals surface area contributed by atoms with Crippen molar-refractivity contribution >= 4 is 34.0 Å². The Balaban J connectivity index is 1.73. The van der Waals surface area contributed by atoms with Crippen LogP contribution in [-0.4, -0.2) is 25.9 Å². The van der Waals surface area contributed by atoms with Crippen molar-refractivity contribution < 1.29 is 4.79 Å². The highest BCUT2D eigenvalue weighted by atomic mass is 32.1. The Morgan fingerprint density at radius 3 is 2.96 bits per heavy atom. The summed E-state index contributed by atoms with van der Waals surface area (Å²) in [6, 6.07) is 11.2. The molecule has 3 heterocycles. The molecule has 0 spiro atoms. The number of anilines is 1. The summed E-state index contributed by atoms with van der Waals surface area (Å²) < 4.78 is 1.69. The van der Waals surface area contributed by atoms with Crippen LogP contribution in [0.4, 0.5) is 5.69 Å². The Morgan fingerprint density at radius 2 is 2.20 bits per heavy atom. The fourth-order valence-corrected chi connectivity index (χ4v) is 3.35. The Labute approximate surface area is 148 Å². The molecule has 0 fully saturated rings. The Bertz CT molecular complexity index is 1010. The predicted octanol–water partition coefficient (Wildman–Crippen LogP) is 3.27. The topological polar surface area (TPSA) is 63.9 Å². The summed E-state index contributed by atoms with van der Waals surface area (Å²) in [5.74, 6) is -0.0910. The first-order chi connectivity index (χ1) is 12.2. The van der Waals surface area contributed by atoms with E-state index < -0.39 is 0 Å². The lowest BCUT2D eigenvalue weighted by molar-refractivity contribution is 0.0985. The van der Waals surface area contributed by atoms with Crippen LogP contribution in [0.25, 0.3) is 11.0 Å². The summed E-state index contributed by atoms with van der Waals surface area (Å²) >= 11 is 1.61. The molecule has 3 aromatic heterocycles. The third-order valence-corrected chi connectivity index (χ3v) is 4.71. The number of benzene rings is 1. The molecule has 6 nitrogen and oxygen atoms in total. The predicted molar refractivity (Wildman–Crippen MR) is 97.6 cm³/mol. The van der Waals surface area contributed by atoms with E-state index in [0.717, 1.165) is 16.8 Å². The summed E-state index contributed by atoms with van der Waals surface area (Å²) in [5.41, 5.74) is 4.02. The lowest BCUT2D eigenvalue weighted by atomic mass is 10.1. The number of pyridine rings is 1. The molecular formula is C18H15N5OS. The normalized spacial score (nSPS) is 10.9. The van der Waals surface area contributed by atoms with Crippen molar-refractivity contribution in [1.82, 2.24) is 20.0 Å². The first kappa shape index (κ1) is 15.5. The van der Waals surface area contributed by atoms with Gasteiger partial charge in [0.1, 0.15) is 5.52 Å². The molecule has 0 atom stereocenters. The summed E-state index contributed by atoms with van der Waals surface area (Å²) in [6.07, 6.45) is 3.40. The summed E-state index contributed by atoms with van der Waals surface area (Å²) in [7, 11) is 1.83. The van der Waals surface area contributed by atoms with Crippen LogP contribution >= 0.6 is 11.3 Å². The molecule has 7 heteroatoms. The number of hydrogen-bond acceptors (Lipinski definition) is 5. The van der Waals surface area contributed by atoms with E-state index in [-0.39, 0.29) is 5.91 Å². The van der Waals surface area contributed by atoms with E-state index in [0.29, 0.717) is 17.6 Å². The SMILES string of the molecule is Cn1nnc2cc(C(=O)N(Cc3ccsc3)c3cccnc3)ccc21. The van der Waals surface area contributed by atoms with E-state index in [2.05, 4.69) is 15.3 Å². The van der Waals surface area contributed by atoms with E-state index in [4.69, 9.17) is 0 Å². The van der Waals surface area contributed by atoms with Gasteiger partial charge in [-0.1, -0.05) is 5.21 Å². The van der Waals surface area contributed by atoms with E-state index in [1.807, 2.05) is 48.1 Å². The maximum absolute atomic E-state index is 13.2. The number of amides is 1. The number of nitrogens with zero attached hydrogens (tertiary/aromatic N) is 5. The molecule has 0 saturated heterocycles. The van der Waals surface area contributed by atoms with Gasteiger partial charge in [-0.05, 0) is 52.7 Å². The molecule has 0 N–H and O–H groups in total. The lowest BCUT2D eigenvalue weighted by Gasteiger charge is -2.22. The number of fused-ring (bicyclic) bond motifs is 1. The summed E-state index contributed by atoms with van der Waals surface area (Å²) in [5, 5.41) is 12.1. The van der Waals surface area contributed by atoms with Crippen LogP contribution < -0.4 is 4.90 Å². The molecule has 124 valence electrons. The van der Waals surface area contributed by atoms with Crippen molar-refractivity contribution in [1.29, 1.82) is 0 Å². The van der Waals surface area contributed by atoms with Crippen LogP contribution in [0.5, 0.6) is 0 Å². The standard InChI is InChI=1S/C18H15N5OS/c1-22-17-5-4-14(9-16(17)20-21-22)18(24)23(11-13-6-8-25-12-13)15-3-2-7-19-10-15/h2-10,12H,11H2,1H3. The number of aromatic nitrogens is 4. The molecular weight excluding hydrogens is 334 g/mol. The summed E-state index contributed by atoms with van der Waals surface area (Å²) in [6.45, 7) is 0.493. The largest absolute Gasteiger partial charge is 0.302 e. The van der Waals surface area contributed by atoms with Crippen LogP contribution in [0.1, 0.15) is 15.9 Å². The van der Waals surface area contributed by atoms with Crippen LogP contribution in [0.15, 0.2) is 59.6 Å². The Morgan fingerprint density at radius 1 is 1.28 bits per heavy atom. The van der Waals surface area contributed by atoms with E-state index in [9.17, 15) is 4.79 Å². The van der Waals surface area contributed by atoms with Crippen LogP contribution in [-0.2, 0) is 13.6 Å². The quantitative estimate of drug-likeness (QED) is 0.567. The summed E-state index contributed by atoms with van der Waals surface area (Å²) in [4.78, 5) is 19.0. The zero-order valence-electron chi connectivity index (χ0n) is 13.5. The first-order valence-electron chi connectivity index (χ1n) is 7.75. The molecule has 4 aromatic rings. The highest BCUT2D eigenvalue weighted by molar-refractivity contribution is 7.07. The van der Waals surface area contributed by atoms with Gasteiger partial charge in [0.25, 0.3) is 5.91 Å². The van der Waals surface area contributed by atoms with Crippen molar-refractivity contribution in [3.8, 4) is 0 Å². The van der Waals surface area contributed by atoms with Gasteiger partial charge in [-0.3, -0.25) is 9.78 Å². The van der Waals surface area contributed by atoms with Gasteiger partial charge in [-0.25, -0.2) is 4.68 Å². The van der Waals surface area contributed by atoms with Gasteiger partial charge in [0.05, 0.1) is 23.9 Å². The lowest BCUT2D eigenvalue weighted by Crippen LogP contribution is -2.30. The number of thiophene rings is 1. The van der Waals surface area contributed by atoms with E-state index in [1.54, 1.807) is 39.4 Å². The van der Waals surface area contributed by atoms with Gasteiger partial charge in [0.2, 0.25) is 0 Å². The number of carbonyl (C=O) groups is 1. The van der Waals surface area contributed by atoms with Crippen LogP contribution in [0.2, 0.25) is 0 Å². The van der Waals surface area contributed by atoms with Gasteiger partial charge in [0.15, 0.2) is 0 Å². The highest BCUT2D eigenvalue weighted by Gasteiger charge is 2.19. The second kappa shape index (κ2) is 6.45. The van der Waals surface area contributed by atoms with Gasteiger partial charge >= 0.3 is 0 Å². The monoisotopic (exact) mass is 349 g/mol. The van der Waals surface area contributed by atoms with Gasteiger partial charge in [-0.2, -0.15) is 11.3 Å². The van der Waals surface area contributed by atoms with Crippen LogP contribution in [0.3, 0.4) is 0 Å². The minimum absolute atomic E-state index is 0.0910.